The summed E-state index contributed by atoms with van der Waals surface area (Å²) in [5, 5.41) is 7.07. The summed E-state index contributed by atoms with van der Waals surface area (Å²) in [6.45, 7) is 2.32. The first-order chi connectivity index (χ1) is 10.6. The van der Waals surface area contributed by atoms with Crippen LogP contribution in [0.4, 0.5) is 0 Å². The van der Waals surface area contributed by atoms with E-state index < -0.39 is 0 Å². The molecule has 6 nitrogen and oxygen atoms in total. The second-order valence-corrected chi connectivity index (χ2v) is 5.05. The van der Waals surface area contributed by atoms with E-state index in [1.165, 1.54) is 0 Å². The average Bonchev–Trinajstić information content (AvgIpc) is 3.14. The summed E-state index contributed by atoms with van der Waals surface area (Å²) in [7, 11) is 1.81. The molecule has 0 unspecified atom stereocenters. The highest BCUT2D eigenvalue weighted by atomic mass is 16.1. The lowest BCUT2D eigenvalue weighted by atomic mass is 10.2. The van der Waals surface area contributed by atoms with Crippen LogP contribution in [0.25, 0.3) is 5.82 Å². The number of pyridine rings is 1. The second-order valence-electron chi connectivity index (χ2n) is 5.05. The van der Waals surface area contributed by atoms with Crippen LogP contribution >= 0.6 is 0 Å². The van der Waals surface area contributed by atoms with E-state index in [1.54, 1.807) is 10.9 Å². The van der Waals surface area contributed by atoms with E-state index >= 15 is 0 Å². The SMILES string of the molecule is Cc1cccc(CNC(=O)c2cnn(C)c2-n2cccc2)n1. The van der Waals surface area contributed by atoms with Crippen molar-refractivity contribution in [2.24, 2.45) is 7.05 Å². The summed E-state index contributed by atoms with van der Waals surface area (Å²) in [5.41, 5.74) is 2.30. The molecule has 3 rings (SSSR count). The molecule has 0 atom stereocenters. The minimum atomic E-state index is -0.167. The van der Waals surface area contributed by atoms with Crippen molar-refractivity contribution >= 4 is 5.91 Å². The van der Waals surface area contributed by atoms with Gasteiger partial charge in [-0.3, -0.25) is 14.5 Å². The minimum absolute atomic E-state index is 0.167. The number of hydrogen-bond acceptors (Lipinski definition) is 3. The third-order valence-electron chi connectivity index (χ3n) is 3.38. The number of nitrogens with zero attached hydrogens (tertiary/aromatic N) is 4. The van der Waals surface area contributed by atoms with Gasteiger partial charge in [0.2, 0.25) is 0 Å². The van der Waals surface area contributed by atoms with Crippen LogP contribution in [0.2, 0.25) is 0 Å². The van der Waals surface area contributed by atoms with Gasteiger partial charge in [0.05, 0.1) is 18.4 Å². The van der Waals surface area contributed by atoms with Crippen LogP contribution in [0.15, 0.2) is 48.9 Å². The molecule has 1 N–H and O–H groups in total. The van der Waals surface area contributed by atoms with Gasteiger partial charge < -0.3 is 9.88 Å². The molecule has 0 bridgehead atoms. The largest absolute Gasteiger partial charge is 0.346 e. The molecule has 0 spiro atoms. The van der Waals surface area contributed by atoms with Gasteiger partial charge in [0.25, 0.3) is 5.91 Å². The number of carbonyl (C=O) groups excluding carboxylic acids is 1. The predicted octanol–water partition coefficient (Wildman–Crippen LogP) is 1.84. The summed E-state index contributed by atoms with van der Waals surface area (Å²) in [5.74, 6) is 0.569. The molecule has 22 heavy (non-hydrogen) atoms. The zero-order valence-electron chi connectivity index (χ0n) is 12.5. The highest BCUT2D eigenvalue weighted by Gasteiger charge is 2.17. The van der Waals surface area contributed by atoms with E-state index in [1.807, 2.05) is 61.3 Å². The molecular formula is C16H17N5O. The molecule has 3 aromatic heterocycles. The third-order valence-corrected chi connectivity index (χ3v) is 3.38. The van der Waals surface area contributed by atoms with Crippen LogP contribution < -0.4 is 5.32 Å². The third kappa shape index (κ3) is 2.76. The van der Waals surface area contributed by atoms with Crippen LogP contribution in [0.5, 0.6) is 0 Å². The summed E-state index contributed by atoms with van der Waals surface area (Å²) < 4.78 is 3.55. The molecule has 3 aromatic rings. The molecule has 112 valence electrons. The normalized spacial score (nSPS) is 10.6. The number of hydrogen-bond donors (Lipinski definition) is 1. The van der Waals surface area contributed by atoms with E-state index in [4.69, 9.17) is 0 Å². The summed E-state index contributed by atoms with van der Waals surface area (Å²) in [6, 6.07) is 9.57. The van der Waals surface area contributed by atoms with Crippen molar-refractivity contribution < 1.29 is 4.79 Å². The number of rotatable bonds is 4. The van der Waals surface area contributed by atoms with Gasteiger partial charge in [-0.15, -0.1) is 0 Å². The van der Waals surface area contributed by atoms with Crippen LogP contribution in [-0.2, 0) is 13.6 Å². The Morgan fingerprint density at radius 3 is 2.73 bits per heavy atom. The molecule has 1 amide bonds. The molecular weight excluding hydrogens is 278 g/mol. The Bertz CT molecular complexity index is 789. The molecule has 0 radical (unpaired) electrons. The highest BCUT2D eigenvalue weighted by Crippen LogP contribution is 2.14. The van der Waals surface area contributed by atoms with Crippen LogP contribution in [0.3, 0.4) is 0 Å². The fraction of sp³-hybridized carbons (Fsp3) is 0.188. The molecule has 0 aliphatic carbocycles. The molecule has 0 aliphatic rings. The standard InChI is InChI=1S/C16H17N5O/c1-12-6-5-7-13(19-12)10-17-15(22)14-11-18-20(2)16(14)21-8-3-4-9-21/h3-9,11H,10H2,1-2H3,(H,17,22). The monoisotopic (exact) mass is 295 g/mol. The summed E-state index contributed by atoms with van der Waals surface area (Å²) >= 11 is 0. The average molecular weight is 295 g/mol. The Kier molecular flexibility index (Phi) is 3.74. The number of aromatic nitrogens is 4. The second kappa shape index (κ2) is 5.85. The van der Waals surface area contributed by atoms with Gasteiger partial charge >= 0.3 is 0 Å². The maximum absolute atomic E-state index is 12.4. The van der Waals surface area contributed by atoms with Gasteiger partial charge in [-0.2, -0.15) is 5.10 Å². The van der Waals surface area contributed by atoms with Crippen LogP contribution in [-0.4, -0.2) is 25.2 Å². The van der Waals surface area contributed by atoms with Crippen molar-refractivity contribution in [1.29, 1.82) is 0 Å². The van der Waals surface area contributed by atoms with E-state index in [-0.39, 0.29) is 5.91 Å². The quantitative estimate of drug-likeness (QED) is 0.799. The van der Waals surface area contributed by atoms with Crippen LogP contribution in [0.1, 0.15) is 21.7 Å². The van der Waals surface area contributed by atoms with E-state index in [9.17, 15) is 4.79 Å². The van der Waals surface area contributed by atoms with Gasteiger partial charge in [-0.05, 0) is 31.2 Å². The molecule has 0 saturated heterocycles. The molecule has 6 heteroatoms. The lowest BCUT2D eigenvalue weighted by molar-refractivity contribution is 0.0950. The molecule has 0 aromatic carbocycles. The fourth-order valence-electron chi connectivity index (χ4n) is 2.34. The Morgan fingerprint density at radius 1 is 1.23 bits per heavy atom. The Morgan fingerprint density at radius 2 is 2.00 bits per heavy atom. The van der Waals surface area contributed by atoms with Crippen molar-refractivity contribution in [3.8, 4) is 5.82 Å². The first-order valence-electron chi connectivity index (χ1n) is 7.01. The van der Waals surface area contributed by atoms with Crippen molar-refractivity contribution in [1.82, 2.24) is 24.6 Å². The Labute approximate surface area is 128 Å². The highest BCUT2D eigenvalue weighted by molar-refractivity contribution is 5.97. The Hall–Kier alpha value is -2.89. The number of amides is 1. The zero-order valence-corrected chi connectivity index (χ0v) is 12.5. The maximum Gasteiger partial charge on any atom is 0.257 e. The fourth-order valence-corrected chi connectivity index (χ4v) is 2.34. The van der Waals surface area contributed by atoms with E-state index in [2.05, 4.69) is 15.4 Å². The van der Waals surface area contributed by atoms with Crippen molar-refractivity contribution in [2.45, 2.75) is 13.5 Å². The molecule has 0 saturated carbocycles. The van der Waals surface area contributed by atoms with Gasteiger partial charge in [-0.1, -0.05) is 6.07 Å². The summed E-state index contributed by atoms with van der Waals surface area (Å²) in [6.07, 6.45) is 5.35. The minimum Gasteiger partial charge on any atom is -0.346 e. The smallest absolute Gasteiger partial charge is 0.257 e. The van der Waals surface area contributed by atoms with Gasteiger partial charge in [0.15, 0.2) is 0 Å². The number of nitrogens with one attached hydrogen (secondary N) is 1. The van der Waals surface area contributed by atoms with Crippen molar-refractivity contribution in [2.75, 3.05) is 0 Å². The molecule has 0 fully saturated rings. The molecule has 3 heterocycles. The van der Waals surface area contributed by atoms with Crippen LogP contribution in [0, 0.1) is 6.92 Å². The van der Waals surface area contributed by atoms with E-state index in [0.29, 0.717) is 12.1 Å². The zero-order chi connectivity index (χ0) is 15.5. The van der Waals surface area contributed by atoms with Gasteiger partial charge in [-0.25, -0.2) is 0 Å². The number of aryl methyl sites for hydroxylation is 2. The summed E-state index contributed by atoms with van der Waals surface area (Å²) in [4.78, 5) is 16.8. The Balaban J connectivity index is 1.79. The maximum atomic E-state index is 12.4. The number of carbonyl (C=O) groups is 1. The van der Waals surface area contributed by atoms with Crippen molar-refractivity contribution in [3.05, 3.63) is 65.9 Å². The topological polar surface area (TPSA) is 64.7 Å². The van der Waals surface area contributed by atoms with Gasteiger partial charge in [0, 0.05) is 25.1 Å². The molecule has 0 aliphatic heterocycles. The van der Waals surface area contributed by atoms with E-state index in [0.717, 1.165) is 17.2 Å². The van der Waals surface area contributed by atoms with Crippen molar-refractivity contribution in [3.63, 3.8) is 0 Å². The first-order valence-corrected chi connectivity index (χ1v) is 7.01. The van der Waals surface area contributed by atoms with Gasteiger partial charge in [0.1, 0.15) is 11.4 Å². The lowest BCUT2D eigenvalue weighted by Crippen LogP contribution is -2.24. The first kappa shape index (κ1) is 14.1. The predicted molar refractivity (Wildman–Crippen MR) is 82.7 cm³/mol. The lowest BCUT2D eigenvalue weighted by Gasteiger charge is -2.08.